The van der Waals surface area contributed by atoms with Crippen LogP contribution in [0.5, 0.6) is 5.75 Å². The molecule has 0 unspecified atom stereocenters. The van der Waals surface area contributed by atoms with Crippen LogP contribution in [0.4, 0.5) is 26.1 Å². The molecule has 2 N–H and O–H groups in total. The van der Waals surface area contributed by atoms with Crippen LogP contribution in [0.25, 0.3) is 0 Å². The standard InChI is InChI=1S/C21H27F2N5O3/c1-12-8-19(28-20(25-12)21(4,22)23)27-16-9-18(26-14(3)29)24-10-17(16)30-11-15-7-5-6-13(2)31-15/h8-10,13,15H,5-7,11H2,1-4H3,(H2,24,25,26,27,28,29)/t13-,15-/m0/s1. The first-order chi connectivity index (χ1) is 14.6. The van der Waals surface area contributed by atoms with Crippen molar-refractivity contribution in [3.8, 4) is 5.75 Å². The molecule has 0 saturated carbocycles. The SMILES string of the molecule is CC(=O)Nc1cc(Nc2cc(C)nc(C(C)(F)F)n2)c(OC[C@@H]2CCC[C@H](C)O2)cn1. The van der Waals surface area contributed by atoms with Crippen molar-refractivity contribution < 1.29 is 23.0 Å². The summed E-state index contributed by atoms with van der Waals surface area (Å²) < 4.78 is 39.3. The topological polar surface area (TPSA) is 98.3 Å². The molecule has 0 radical (unpaired) electrons. The average Bonchev–Trinajstić information content (AvgIpc) is 2.66. The Morgan fingerprint density at radius 3 is 2.74 bits per heavy atom. The van der Waals surface area contributed by atoms with Gasteiger partial charge in [-0.25, -0.2) is 15.0 Å². The van der Waals surface area contributed by atoms with Crippen LogP contribution in [0.15, 0.2) is 18.3 Å². The highest BCUT2D eigenvalue weighted by atomic mass is 19.3. The predicted octanol–water partition coefficient (Wildman–Crippen LogP) is 4.33. The van der Waals surface area contributed by atoms with Gasteiger partial charge in [0.2, 0.25) is 11.7 Å². The van der Waals surface area contributed by atoms with Gasteiger partial charge in [0.25, 0.3) is 0 Å². The molecule has 3 heterocycles. The number of aryl methyl sites for hydroxylation is 1. The number of nitrogens with zero attached hydrogens (tertiary/aromatic N) is 3. The van der Waals surface area contributed by atoms with Gasteiger partial charge in [-0.2, -0.15) is 8.78 Å². The summed E-state index contributed by atoms with van der Waals surface area (Å²) in [7, 11) is 0. The summed E-state index contributed by atoms with van der Waals surface area (Å²) in [6.07, 6.45) is 4.58. The zero-order valence-corrected chi connectivity index (χ0v) is 18.0. The highest BCUT2D eigenvalue weighted by Gasteiger charge is 2.29. The fourth-order valence-electron chi connectivity index (χ4n) is 3.27. The molecule has 2 atom stereocenters. The minimum atomic E-state index is -3.18. The molecule has 1 saturated heterocycles. The number of carbonyl (C=O) groups is 1. The first-order valence-electron chi connectivity index (χ1n) is 10.2. The number of carbonyl (C=O) groups excluding carboxylic acids is 1. The lowest BCUT2D eigenvalue weighted by molar-refractivity contribution is -0.114. The lowest BCUT2D eigenvalue weighted by atomic mass is 10.1. The largest absolute Gasteiger partial charge is 0.487 e. The summed E-state index contributed by atoms with van der Waals surface area (Å²) in [5, 5.41) is 5.59. The fraction of sp³-hybridized carbons (Fsp3) is 0.524. The van der Waals surface area contributed by atoms with E-state index in [4.69, 9.17) is 9.47 Å². The zero-order chi connectivity index (χ0) is 22.6. The minimum Gasteiger partial charge on any atom is -0.487 e. The number of anilines is 3. The van der Waals surface area contributed by atoms with E-state index in [0.29, 0.717) is 23.7 Å². The number of aromatic nitrogens is 3. The predicted molar refractivity (Wildman–Crippen MR) is 112 cm³/mol. The summed E-state index contributed by atoms with van der Waals surface area (Å²) in [5.41, 5.74) is 0.809. The first-order valence-corrected chi connectivity index (χ1v) is 10.2. The molecule has 3 rings (SSSR count). The van der Waals surface area contributed by atoms with Crippen molar-refractivity contribution in [3.05, 3.63) is 29.8 Å². The van der Waals surface area contributed by atoms with Crippen LogP contribution in [-0.2, 0) is 15.5 Å². The van der Waals surface area contributed by atoms with E-state index in [9.17, 15) is 13.6 Å². The van der Waals surface area contributed by atoms with Gasteiger partial charge in [-0.1, -0.05) is 0 Å². The van der Waals surface area contributed by atoms with Gasteiger partial charge in [-0.15, -0.1) is 0 Å². The number of amides is 1. The number of alkyl halides is 2. The van der Waals surface area contributed by atoms with E-state index in [1.165, 1.54) is 13.1 Å². The Bertz CT molecular complexity index is 936. The Morgan fingerprint density at radius 2 is 2.06 bits per heavy atom. The third-order valence-corrected chi connectivity index (χ3v) is 4.67. The second-order valence-corrected chi connectivity index (χ2v) is 7.79. The van der Waals surface area contributed by atoms with E-state index in [1.54, 1.807) is 19.1 Å². The highest BCUT2D eigenvalue weighted by Crippen LogP contribution is 2.31. The molecule has 31 heavy (non-hydrogen) atoms. The average molecular weight is 435 g/mol. The maximum absolute atomic E-state index is 13.7. The van der Waals surface area contributed by atoms with Crippen LogP contribution >= 0.6 is 0 Å². The number of rotatable bonds is 7. The molecular formula is C21H27F2N5O3. The summed E-state index contributed by atoms with van der Waals surface area (Å²) in [4.78, 5) is 23.3. The van der Waals surface area contributed by atoms with Gasteiger partial charge in [-0.05, 0) is 33.1 Å². The summed E-state index contributed by atoms with van der Waals surface area (Å²) >= 11 is 0. The van der Waals surface area contributed by atoms with E-state index >= 15 is 0 Å². The molecule has 0 spiro atoms. The van der Waals surface area contributed by atoms with Crippen molar-refractivity contribution in [2.75, 3.05) is 17.2 Å². The number of nitrogens with one attached hydrogen (secondary N) is 2. The Balaban J connectivity index is 1.85. The van der Waals surface area contributed by atoms with Gasteiger partial charge in [0.05, 0.1) is 24.1 Å². The molecule has 1 aliphatic heterocycles. The van der Waals surface area contributed by atoms with Crippen molar-refractivity contribution in [3.63, 3.8) is 0 Å². The van der Waals surface area contributed by atoms with Gasteiger partial charge in [0, 0.05) is 31.7 Å². The zero-order valence-electron chi connectivity index (χ0n) is 18.0. The Kier molecular flexibility index (Phi) is 6.99. The van der Waals surface area contributed by atoms with Gasteiger partial charge in [0.1, 0.15) is 18.2 Å². The minimum absolute atomic E-state index is 0.0432. The Morgan fingerprint density at radius 1 is 1.29 bits per heavy atom. The number of halogens is 2. The third-order valence-electron chi connectivity index (χ3n) is 4.67. The second kappa shape index (κ2) is 9.51. The van der Waals surface area contributed by atoms with E-state index in [0.717, 1.165) is 26.2 Å². The molecule has 1 fully saturated rings. The fourth-order valence-corrected chi connectivity index (χ4v) is 3.27. The molecule has 0 aliphatic carbocycles. The number of ether oxygens (including phenoxy) is 2. The molecule has 0 bridgehead atoms. The maximum atomic E-state index is 13.7. The molecule has 10 heteroatoms. The van der Waals surface area contributed by atoms with Crippen LogP contribution < -0.4 is 15.4 Å². The summed E-state index contributed by atoms with van der Waals surface area (Å²) in [6.45, 7) is 6.07. The smallest absolute Gasteiger partial charge is 0.303 e. The number of hydrogen-bond donors (Lipinski definition) is 2. The van der Waals surface area contributed by atoms with Crippen LogP contribution in [0, 0.1) is 6.92 Å². The van der Waals surface area contributed by atoms with E-state index < -0.39 is 11.7 Å². The molecule has 2 aromatic heterocycles. The van der Waals surface area contributed by atoms with Gasteiger partial charge >= 0.3 is 5.92 Å². The third kappa shape index (κ3) is 6.55. The molecule has 1 amide bonds. The van der Waals surface area contributed by atoms with Gasteiger partial charge in [-0.3, -0.25) is 4.79 Å². The van der Waals surface area contributed by atoms with Crippen LogP contribution in [0.3, 0.4) is 0 Å². The Labute approximate surface area is 179 Å². The van der Waals surface area contributed by atoms with E-state index in [2.05, 4.69) is 25.6 Å². The lowest BCUT2D eigenvalue weighted by Crippen LogP contribution is -2.30. The normalized spacial score (nSPS) is 19.0. The van der Waals surface area contributed by atoms with Crippen molar-refractivity contribution in [1.29, 1.82) is 0 Å². The molecule has 1 aliphatic rings. The molecule has 168 valence electrons. The van der Waals surface area contributed by atoms with Crippen molar-refractivity contribution >= 4 is 23.2 Å². The van der Waals surface area contributed by atoms with E-state index in [-0.39, 0.29) is 29.8 Å². The molecule has 8 nitrogen and oxygen atoms in total. The summed E-state index contributed by atoms with van der Waals surface area (Å²) in [6, 6.07) is 3.10. The molecule has 0 aromatic carbocycles. The van der Waals surface area contributed by atoms with Crippen LogP contribution in [-0.4, -0.2) is 39.7 Å². The lowest BCUT2D eigenvalue weighted by Gasteiger charge is -2.28. The van der Waals surface area contributed by atoms with Crippen molar-refractivity contribution in [2.24, 2.45) is 0 Å². The summed E-state index contributed by atoms with van der Waals surface area (Å²) in [5.74, 6) is -3.21. The maximum Gasteiger partial charge on any atom is 0.303 e. The molecular weight excluding hydrogens is 408 g/mol. The van der Waals surface area contributed by atoms with Crippen LogP contribution in [0.2, 0.25) is 0 Å². The first kappa shape index (κ1) is 22.8. The van der Waals surface area contributed by atoms with Crippen LogP contribution in [0.1, 0.15) is 51.6 Å². The second-order valence-electron chi connectivity index (χ2n) is 7.79. The van der Waals surface area contributed by atoms with Crippen molar-refractivity contribution in [1.82, 2.24) is 15.0 Å². The number of pyridine rings is 1. The number of hydrogen-bond acceptors (Lipinski definition) is 7. The van der Waals surface area contributed by atoms with E-state index in [1.807, 2.05) is 6.92 Å². The van der Waals surface area contributed by atoms with Crippen molar-refractivity contribution in [2.45, 2.75) is 65.1 Å². The highest BCUT2D eigenvalue weighted by molar-refractivity contribution is 5.88. The van der Waals surface area contributed by atoms with Gasteiger partial charge in [0.15, 0.2) is 5.75 Å². The molecule has 2 aromatic rings. The Hall–Kier alpha value is -2.88. The quantitative estimate of drug-likeness (QED) is 0.668. The monoisotopic (exact) mass is 435 g/mol. The van der Waals surface area contributed by atoms with Gasteiger partial charge < -0.3 is 20.1 Å².